The molecule has 1 saturated heterocycles. The molecule has 1 N–H and O–H groups in total. The van der Waals surface area contributed by atoms with Crippen molar-refractivity contribution in [2.45, 2.75) is 18.9 Å². The first kappa shape index (κ1) is 17.9. The monoisotopic (exact) mass is 359 g/mol. The number of nitrogens with zero attached hydrogens (tertiary/aromatic N) is 2. The Kier molecular flexibility index (Phi) is 5.85. The highest BCUT2D eigenvalue weighted by molar-refractivity contribution is 5.99. The summed E-state index contributed by atoms with van der Waals surface area (Å²) in [6, 6.07) is 8.39. The van der Waals surface area contributed by atoms with Crippen molar-refractivity contribution in [3.05, 3.63) is 42.2 Å². The van der Waals surface area contributed by atoms with Gasteiger partial charge in [0.05, 0.1) is 13.2 Å². The molecule has 1 atom stereocenters. The van der Waals surface area contributed by atoms with Gasteiger partial charge in [0.25, 0.3) is 5.91 Å². The summed E-state index contributed by atoms with van der Waals surface area (Å²) in [5.41, 5.74) is 0.455. The van der Waals surface area contributed by atoms with Crippen LogP contribution in [0.15, 0.2) is 41.1 Å². The molecule has 8 heteroatoms. The van der Waals surface area contributed by atoms with Crippen LogP contribution in [0.2, 0.25) is 0 Å². The lowest BCUT2D eigenvalue weighted by molar-refractivity contribution is -0.117. The van der Waals surface area contributed by atoms with E-state index < -0.39 is 0 Å². The van der Waals surface area contributed by atoms with Crippen LogP contribution in [0.4, 0.5) is 5.82 Å². The first-order valence-electron chi connectivity index (χ1n) is 8.41. The molecular formula is C18H21N3O5. The van der Waals surface area contributed by atoms with Crippen molar-refractivity contribution in [3.63, 3.8) is 0 Å². The number of hydrogen-bond donors (Lipinski definition) is 1. The number of amides is 2. The molecule has 1 fully saturated rings. The third-order valence-corrected chi connectivity index (χ3v) is 4.09. The summed E-state index contributed by atoms with van der Waals surface area (Å²) >= 11 is 0. The maximum absolute atomic E-state index is 12.9. The van der Waals surface area contributed by atoms with E-state index in [4.69, 9.17) is 14.0 Å². The summed E-state index contributed by atoms with van der Waals surface area (Å²) in [6.45, 7) is 0.919. The third-order valence-electron chi connectivity index (χ3n) is 4.09. The molecule has 26 heavy (non-hydrogen) atoms. The molecule has 1 aliphatic heterocycles. The van der Waals surface area contributed by atoms with Crippen molar-refractivity contribution >= 4 is 17.6 Å². The van der Waals surface area contributed by atoms with E-state index in [-0.39, 0.29) is 24.5 Å². The Morgan fingerprint density at radius 2 is 2.27 bits per heavy atom. The van der Waals surface area contributed by atoms with Crippen molar-refractivity contribution in [3.8, 4) is 5.75 Å². The van der Waals surface area contributed by atoms with Crippen molar-refractivity contribution in [2.75, 3.05) is 32.1 Å². The van der Waals surface area contributed by atoms with E-state index in [1.807, 2.05) is 0 Å². The first-order chi connectivity index (χ1) is 12.7. The van der Waals surface area contributed by atoms with E-state index in [1.54, 1.807) is 31.4 Å². The smallest absolute Gasteiger partial charge is 0.254 e. The molecule has 0 spiro atoms. The van der Waals surface area contributed by atoms with Crippen molar-refractivity contribution in [2.24, 2.45) is 0 Å². The number of anilines is 1. The number of hydrogen-bond acceptors (Lipinski definition) is 6. The molecule has 2 amide bonds. The van der Waals surface area contributed by atoms with Crippen LogP contribution >= 0.6 is 0 Å². The second-order valence-corrected chi connectivity index (χ2v) is 5.99. The molecule has 3 rings (SSSR count). The van der Waals surface area contributed by atoms with Gasteiger partial charge >= 0.3 is 0 Å². The van der Waals surface area contributed by atoms with E-state index in [0.717, 1.165) is 12.8 Å². The second-order valence-electron chi connectivity index (χ2n) is 5.99. The van der Waals surface area contributed by atoms with Crippen LogP contribution in [0.5, 0.6) is 5.75 Å². The molecule has 0 saturated carbocycles. The summed E-state index contributed by atoms with van der Waals surface area (Å²) in [5.74, 6) is 0.281. The van der Waals surface area contributed by atoms with Gasteiger partial charge in [0.1, 0.15) is 18.6 Å². The Labute approximate surface area is 151 Å². The summed E-state index contributed by atoms with van der Waals surface area (Å²) < 4.78 is 15.5. The number of methoxy groups -OCH3 is 1. The quantitative estimate of drug-likeness (QED) is 0.812. The Hall–Kier alpha value is -2.87. The van der Waals surface area contributed by atoms with Crippen molar-refractivity contribution in [1.29, 1.82) is 0 Å². The number of benzene rings is 1. The standard InChI is InChI=1S/C18H21N3O5/c1-24-14-5-2-4-13(10-14)18(23)21(11-15-6-3-8-25-15)12-17(22)19-16-7-9-26-20-16/h2,4-5,7,9-10,15H,3,6,8,11-12H2,1H3,(H,19,20,22). The lowest BCUT2D eigenvalue weighted by atomic mass is 10.1. The number of ether oxygens (including phenoxy) is 2. The first-order valence-corrected chi connectivity index (χ1v) is 8.41. The highest BCUT2D eigenvalue weighted by atomic mass is 16.5. The molecule has 8 nitrogen and oxygen atoms in total. The number of carbonyl (C=O) groups excluding carboxylic acids is 2. The minimum absolute atomic E-state index is 0.0654. The van der Waals surface area contributed by atoms with Crippen LogP contribution < -0.4 is 10.1 Å². The molecule has 138 valence electrons. The van der Waals surface area contributed by atoms with Gasteiger partial charge in [-0.25, -0.2) is 0 Å². The minimum atomic E-state index is -0.354. The third kappa shape index (κ3) is 4.60. The molecular weight excluding hydrogens is 338 g/mol. The van der Waals surface area contributed by atoms with Crippen LogP contribution in [0.25, 0.3) is 0 Å². The Bertz CT molecular complexity index is 741. The molecule has 2 heterocycles. The second kappa shape index (κ2) is 8.48. The van der Waals surface area contributed by atoms with E-state index in [9.17, 15) is 9.59 Å². The van der Waals surface area contributed by atoms with Crippen LogP contribution in [-0.4, -0.2) is 54.8 Å². The SMILES string of the molecule is COc1cccc(C(=O)N(CC(=O)Nc2ccon2)CC2CCCO2)c1. The van der Waals surface area contributed by atoms with Gasteiger partial charge in [-0.05, 0) is 31.0 Å². The highest BCUT2D eigenvalue weighted by Gasteiger charge is 2.25. The summed E-state index contributed by atoms with van der Waals surface area (Å²) in [7, 11) is 1.54. The summed E-state index contributed by atoms with van der Waals surface area (Å²) in [6.07, 6.45) is 3.12. The van der Waals surface area contributed by atoms with Gasteiger partial charge in [-0.1, -0.05) is 11.2 Å². The van der Waals surface area contributed by atoms with Crippen molar-refractivity contribution in [1.82, 2.24) is 10.1 Å². The normalized spacial score (nSPS) is 16.3. The molecule has 0 aliphatic carbocycles. The fourth-order valence-electron chi connectivity index (χ4n) is 2.82. The molecule has 1 aliphatic rings. The number of rotatable bonds is 7. The van der Waals surface area contributed by atoms with E-state index in [0.29, 0.717) is 30.3 Å². The molecule has 0 radical (unpaired) electrons. The summed E-state index contributed by atoms with van der Waals surface area (Å²) in [5, 5.41) is 6.24. The van der Waals surface area contributed by atoms with Crippen LogP contribution in [0.3, 0.4) is 0 Å². The maximum Gasteiger partial charge on any atom is 0.254 e. The zero-order valence-corrected chi connectivity index (χ0v) is 14.5. The topological polar surface area (TPSA) is 93.9 Å². The lowest BCUT2D eigenvalue weighted by Crippen LogP contribution is -2.42. The van der Waals surface area contributed by atoms with Gasteiger partial charge in [-0.15, -0.1) is 0 Å². The number of nitrogens with one attached hydrogen (secondary N) is 1. The van der Waals surface area contributed by atoms with E-state index in [1.165, 1.54) is 17.2 Å². The molecule has 1 unspecified atom stereocenters. The zero-order chi connectivity index (χ0) is 18.4. The van der Waals surface area contributed by atoms with Gasteiger partial charge in [0.15, 0.2) is 5.82 Å². The molecule has 2 aromatic rings. The predicted molar refractivity (Wildman–Crippen MR) is 93.0 cm³/mol. The largest absolute Gasteiger partial charge is 0.497 e. The van der Waals surface area contributed by atoms with Gasteiger partial charge in [-0.2, -0.15) is 0 Å². The summed E-state index contributed by atoms with van der Waals surface area (Å²) in [4.78, 5) is 26.7. The van der Waals surface area contributed by atoms with E-state index in [2.05, 4.69) is 10.5 Å². The molecule has 1 aromatic heterocycles. The van der Waals surface area contributed by atoms with E-state index >= 15 is 0 Å². The predicted octanol–water partition coefficient (Wildman–Crippen LogP) is 1.94. The van der Waals surface area contributed by atoms with Gasteiger partial charge in [-0.3, -0.25) is 9.59 Å². The Balaban J connectivity index is 1.72. The fraction of sp³-hybridized carbons (Fsp3) is 0.389. The zero-order valence-electron chi connectivity index (χ0n) is 14.5. The number of aromatic nitrogens is 1. The highest BCUT2D eigenvalue weighted by Crippen LogP contribution is 2.18. The van der Waals surface area contributed by atoms with Gasteiger partial charge < -0.3 is 24.2 Å². The minimum Gasteiger partial charge on any atom is -0.497 e. The number of carbonyl (C=O) groups is 2. The lowest BCUT2D eigenvalue weighted by Gasteiger charge is -2.25. The van der Waals surface area contributed by atoms with Crippen molar-refractivity contribution < 1.29 is 23.6 Å². The van der Waals surface area contributed by atoms with Gasteiger partial charge in [0.2, 0.25) is 5.91 Å². The average Bonchev–Trinajstić information content (AvgIpc) is 3.34. The fourth-order valence-corrected chi connectivity index (χ4v) is 2.82. The Morgan fingerprint density at radius 3 is 2.96 bits per heavy atom. The molecule has 0 bridgehead atoms. The van der Waals surface area contributed by atoms with Crippen LogP contribution in [0, 0.1) is 0 Å². The van der Waals surface area contributed by atoms with Crippen LogP contribution in [0.1, 0.15) is 23.2 Å². The Morgan fingerprint density at radius 1 is 1.38 bits per heavy atom. The average molecular weight is 359 g/mol. The van der Waals surface area contributed by atoms with Crippen LogP contribution in [-0.2, 0) is 9.53 Å². The molecule has 1 aromatic carbocycles. The van der Waals surface area contributed by atoms with Gasteiger partial charge in [0, 0.05) is 24.8 Å². The maximum atomic E-state index is 12.9.